The third kappa shape index (κ3) is 5.75. The summed E-state index contributed by atoms with van der Waals surface area (Å²) in [5.74, 6) is 2.96. The summed E-state index contributed by atoms with van der Waals surface area (Å²) >= 11 is 0. The first kappa shape index (κ1) is 19.8. The largest absolute Gasteiger partial charge is 0.466 e. The van der Waals surface area contributed by atoms with Crippen LogP contribution in [0.5, 0.6) is 0 Å². The Morgan fingerprint density at radius 1 is 1.44 bits per heavy atom. The lowest BCUT2D eigenvalue weighted by molar-refractivity contribution is 0.0657. The number of aryl methyl sites for hydroxylation is 2. The molecule has 6 heteroatoms. The molecule has 142 valence electrons. The lowest BCUT2D eigenvalue weighted by Gasteiger charge is -2.30. The molecule has 2 atom stereocenters. The van der Waals surface area contributed by atoms with Gasteiger partial charge in [0.25, 0.3) is 0 Å². The molecule has 25 heavy (non-hydrogen) atoms. The summed E-state index contributed by atoms with van der Waals surface area (Å²) in [5.41, 5.74) is -0.242. The minimum absolute atomic E-state index is 0.284. The van der Waals surface area contributed by atoms with Gasteiger partial charge in [-0.2, -0.15) is 0 Å². The van der Waals surface area contributed by atoms with Crippen molar-refractivity contribution < 1.29 is 9.52 Å². The molecule has 2 rings (SSSR count). The van der Waals surface area contributed by atoms with Gasteiger partial charge in [-0.15, -0.1) is 0 Å². The van der Waals surface area contributed by atoms with E-state index in [9.17, 15) is 5.11 Å². The monoisotopic (exact) mass is 350 g/mol. The molecule has 0 spiro atoms. The molecule has 6 nitrogen and oxygen atoms in total. The zero-order valence-electron chi connectivity index (χ0n) is 16.4. The average Bonchev–Trinajstić information content (AvgIpc) is 2.89. The van der Waals surface area contributed by atoms with Crippen LogP contribution in [0.3, 0.4) is 0 Å². The summed E-state index contributed by atoms with van der Waals surface area (Å²) in [6, 6.07) is 1.89. The van der Waals surface area contributed by atoms with Gasteiger partial charge in [-0.25, -0.2) is 4.99 Å². The number of aliphatic imine (C=N–C) groups is 1. The molecule has 1 fully saturated rings. The van der Waals surface area contributed by atoms with E-state index in [1.54, 1.807) is 6.92 Å². The van der Waals surface area contributed by atoms with Crippen LogP contribution < -0.4 is 10.6 Å². The second kappa shape index (κ2) is 8.72. The normalized spacial score (nSPS) is 21.8. The highest BCUT2D eigenvalue weighted by atomic mass is 16.3. The summed E-state index contributed by atoms with van der Waals surface area (Å²) in [6.45, 7) is 11.9. The minimum Gasteiger partial charge on any atom is -0.466 e. The first-order valence-corrected chi connectivity index (χ1v) is 9.32. The van der Waals surface area contributed by atoms with E-state index in [0.717, 1.165) is 42.7 Å². The molecule has 1 saturated heterocycles. The van der Waals surface area contributed by atoms with Crippen LogP contribution in [-0.4, -0.2) is 55.7 Å². The van der Waals surface area contributed by atoms with Crippen molar-refractivity contribution in [3.05, 3.63) is 23.2 Å². The van der Waals surface area contributed by atoms with E-state index in [1.165, 1.54) is 19.4 Å². The lowest BCUT2D eigenvalue weighted by atomic mass is 9.96. The van der Waals surface area contributed by atoms with Crippen LogP contribution in [0.15, 0.2) is 15.5 Å². The Morgan fingerprint density at radius 3 is 2.80 bits per heavy atom. The maximum atomic E-state index is 10.8. The van der Waals surface area contributed by atoms with Gasteiger partial charge in [0.1, 0.15) is 17.1 Å². The highest BCUT2D eigenvalue weighted by Crippen LogP contribution is 2.27. The molecule has 0 radical (unpaired) electrons. The molecule has 1 aliphatic rings. The number of rotatable bonds is 6. The Hall–Kier alpha value is -1.53. The Kier molecular flexibility index (Phi) is 6.90. The van der Waals surface area contributed by atoms with Crippen LogP contribution in [-0.2, 0) is 5.60 Å². The van der Waals surface area contributed by atoms with E-state index in [0.29, 0.717) is 5.92 Å². The Bertz CT molecular complexity index is 580. The number of furan rings is 1. The minimum atomic E-state index is -1.05. The van der Waals surface area contributed by atoms with Crippen LogP contribution in [0.25, 0.3) is 0 Å². The molecule has 1 aliphatic heterocycles. The van der Waals surface area contributed by atoms with Crippen molar-refractivity contribution in [1.29, 1.82) is 0 Å². The van der Waals surface area contributed by atoms with Crippen LogP contribution in [0.1, 0.15) is 43.8 Å². The van der Waals surface area contributed by atoms with Gasteiger partial charge in [-0.1, -0.05) is 0 Å². The molecule has 2 unspecified atom stereocenters. The van der Waals surface area contributed by atoms with Crippen LogP contribution >= 0.6 is 0 Å². The lowest BCUT2D eigenvalue weighted by Crippen LogP contribution is -2.44. The maximum Gasteiger partial charge on any atom is 0.191 e. The standard InChI is InChI=1S/C19H34N4O2/c1-6-20-18(21-11-16-8-7-9-23(5)12-16)22-13-19(4,24)17-10-14(2)25-15(17)3/h10,16,24H,6-9,11-13H2,1-5H3,(H2,20,21,22). The SMILES string of the molecule is CCNC(=NCC(C)(O)c1cc(C)oc1C)NCC1CCCN(C)C1. The summed E-state index contributed by atoms with van der Waals surface area (Å²) in [6.07, 6.45) is 2.51. The highest BCUT2D eigenvalue weighted by Gasteiger charge is 2.27. The molecule has 0 aromatic carbocycles. The fourth-order valence-electron chi connectivity index (χ4n) is 3.51. The zero-order chi connectivity index (χ0) is 18.4. The van der Waals surface area contributed by atoms with Crippen molar-refractivity contribution in [3.8, 4) is 0 Å². The van der Waals surface area contributed by atoms with Crippen molar-refractivity contribution in [2.45, 2.75) is 46.1 Å². The number of guanidine groups is 1. The van der Waals surface area contributed by atoms with Crippen molar-refractivity contribution in [2.24, 2.45) is 10.9 Å². The van der Waals surface area contributed by atoms with Crippen LogP contribution in [0.4, 0.5) is 0 Å². The smallest absolute Gasteiger partial charge is 0.191 e. The maximum absolute atomic E-state index is 10.8. The number of aliphatic hydroxyl groups is 1. The molecule has 1 aromatic heterocycles. The molecule has 0 bridgehead atoms. The molecular weight excluding hydrogens is 316 g/mol. The van der Waals surface area contributed by atoms with Gasteiger partial charge in [-0.3, -0.25) is 0 Å². The Balaban J connectivity index is 1.97. The van der Waals surface area contributed by atoms with E-state index in [4.69, 9.17) is 4.42 Å². The van der Waals surface area contributed by atoms with Crippen molar-refractivity contribution in [1.82, 2.24) is 15.5 Å². The number of nitrogens with zero attached hydrogens (tertiary/aromatic N) is 2. The molecule has 0 amide bonds. The van der Waals surface area contributed by atoms with Crippen LogP contribution in [0.2, 0.25) is 0 Å². The van der Waals surface area contributed by atoms with Gasteiger partial charge in [0, 0.05) is 25.2 Å². The van der Waals surface area contributed by atoms with Gasteiger partial charge in [0.05, 0.1) is 6.54 Å². The molecule has 0 aliphatic carbocycles. The van der Waals surface area contributed by atoms with Gasteiger partial charge < -0.3 is 25.1 Å². The number of hydrogen-bond donors (Lipinski definition) is 3. The van der Waals surface area contributed by atoms with Crippen molar-refractivity contribution in [3.63, 3.8) is 0 Å². The summed E-state index contributed by atoms with van der Waals surface area (Å²) in [7, 11) is 2.18. The first-order valence-electron chi connectivity index (χ1n) is 9.32. The first-order chi connectivity index (χ1) is 11.8. The van der Waals surface area contributed by atoms with Gasteiger partial charge in [-0.05, 0) is 66.1 Å². The van der Waals surface area contributed by atoms with E-state index in [-0.39, 0.29) is 6.54 Å². The topological polar surface area (TPSA) is 73.0 Å². The van der Waals surface area contributed by atoms with E-state index < -0.39 is 5.60 Å². The average molecular weight is 351 g/mol. The summed E-state index contributed by atoms with van der Waals surface area (Å²) in [5, 5.41) is 17.5. The van der Waals surface area contributed by atoms with Gasteiger partial charge in [0.15, 0.2) is 5.96 Å². The molecule has 0 saturated carbocycles. The second-order valence-corrected chi connectivity index (χ2v) is 7.45. The Labute approximate surface area is 151 Å². The number of hydrogen-bond acceptors (Lipinski definition) is 4. The summed E-state index contributed by atoms with van der Waals surface area (Å²) in [4.78, 5) is 6.99. The quantitative estimate of drug-likeness (QED) is 0.541. The number of piperidine rings is 1. The van der Waals surface area contributed by atoms with Gasteiger partial charge >= 0.3 is 0 Å². The van der Waals surface area contributed by atoms with E-state index in [1.807, 2.05) is 26.8 Å². The molecule has 2 heterocycles. The highest BCUT2D eigenvalue weighted by molar-refractivity contribution is 5.79. The zero-order valence-corrected chi connectivity index (χ0v) is 16.4. The molecular formula is C19H34N4O2. The van der Waals surface area contributed by atoms with Crippen LogP contribution in [0, 0.1) is 19.8 Å². The van der Waals surface area contributed by atoms with E-state index in [2.05, 4.69) is 27.6 Å². The predicted molar refractivity (Wildman–Crippen MR) is 102 cm³/mol. The molecule has 1 aromatic rings. The van der Waals surface area contributed by atoms with Gasteiger partial charge in [0.2, 0.25) is 0 Å². The number of likely N-dealkylation sites (tertiary alicyclic amines) is 1. The van der Waals surface area contributed by atoms with Crippen molar-refractivity contribution >= 4 is 5.96 Å². The summed E-state index contributed by atoms with van der Waals surface area (Å²) < 4.78 is 5.55. The predicted octanol–water partition coefficient (Wildman–Crippen LogP) is 2.00. The third-order valence-electron chi connectivity index (χ3n) is 4.79. The fourth-order valence-corrected chi connectivity index (χ4v) is 3.51. The second-order valence-electron chi connectivity index (χ2n) is 7.45. The fraction of sp³-hybridized carbons (Fsp3) is 0.737. The number of nitrogens with one attached hydrogen (secondary N) is 2. The third-order valence-corrected chi connectivity index (χ3v) is 4.79. The molecule has 3 N–H and O–H groups in total. The van der Waals surface area contributed by atoms with E-state index >= 15 is 0 Å². The Morgan fingerprint density at radius 2 is 2.20 bits per heavy atom. The van der Waals surface area contributed by atoms with Crippen molar-refractivity contribution in [2.75, 3.05) is 39.8 Å².